The molecular formula is C20H25N7. The highest BCUT2D eigenvalue weighted by Gasteiger charge is 2.27. The Bertz CT molecular complexity index is 919. The number of hydrogen-bond donors (Lipinski definition) is 1. The number of pyridine rings is 1. The zero-order valence-corrected chi connectivity index (χ0v) is 16.1. The molecule has 0 saturated carbocycles. The maximum Gasteiger partial charge on any atom is 0.150 e. The molecule has 1 N–H and O–H groups in total. The van der Waals surface area contributed by atoms with Gasteiger partial charge in [-0.05, 0) is 50.9 Å². The minimum absolute atomic E-state index is 0.398. The first-order valence-electron chi connectivity index (χ1n) is 9.34. The van der Waals surface area contributed by atoms with Gasteiger partial charge in [-0.1, -0.05) is 0 Å². The van der Waals surface area contributed by atoms with Gasteiger partial charge in [0, 0.05) is 49.5 Å². The summed E-state index contributed by atoms with van der Waals surface area (Å²) in [5.74, 6) is 1.50. The minimum Gasteiger partial charge on any atom is -0.324 e. The Morgan fingerprint density at radius 2 is 2.00 bits per heavy atom. The van der Waals surface area contributed by atoms with E-state index < -0.39 is 0 Å². The lowest BCUT2D eigenvalue weighted by Crippen LogP contribution is -2.23. The molecule has 1 aliphatic heterocycles. The molecule has 0 amide bonds. The molecule has 4 heterocycles. The Hall–Kier alpha value is -2.80. The molecule has 0 spiro atoms. The summed E-state index contributed by atoms with van der Waals surface area (Å²) in [7, 11) is 2.01. The SMILES string of the molecule is Cc1nn(C)c(C)c1CN1CCCC1c1ccnc(Nc2cnccn2)c1. The normalized spacial score (nSPS) is 17.4. The first kappa shape index (κ1) is 17.6. The monoisotopic (exact) mass is 363 g/mol. The summed E-state index contributed by atoms with van der Waals surface area (Å²) >= 11 is 0. The lowest BCUT2D eigenvalue weighted by molar-refractivity contribution is 0.247. The van der Waals surface area contributed by atoms with Crippen LogP contribution in [0.15, 0.2) is 36.9 Å². The van der Waals surface area contributed by atoms with Crippen LogP contribution >= 0.6 is 0 Å². The van der Waals surface area contributed by atoms with Crippen LogP contribution in [0.2, 0.25) is 0 Å². The van der Waals surface area contributed by atoms with E-state index in [-0.39, 0.29) is 0 Å². The van der Waals surface area contributed by atoms with E-state index in [2.05, 4.69) is 56.2 Å². The summed E-state index contributed by atoms with van der Waals surface area (Å²) in [5.41, 5.74) is 5.00. The molecule has 1 unspecified atom stereocenters. The summed E-state index contributed by atoms with van der Waals surface area (Å²) in [5, 5.41) is 7.81. The first-order valence-corrected chi connectivity index (χ1v) is 9.34. The van der Waals surface area contributed by atoms with Crippen LogP contribution in [0.25, 0.3) is 0 Å². The second-order valence-corrected chi connectivity index (χ2v) is 7.09. The van der Waals surface area contributed by atoms with Crippen molar-refractivity contribution in [2.24, 2.45) is 7.05 Å². The fraction of sp³-hybridized carbons (Fsp3) is 0.400. The Morgan fingerprint density at radius 1 is 1.15 bits per heavy atom. The van der Waals surface area contributed by atoms with E-state index in [1.807, 2.05) is 17.9 Å². The van der Waals surface area contributed by atoms with Crippen molar-refractivity contribution in [3.8, 4) is 0 Å². The molecule has 0 aromatic carbocycles. The quantitative estimate of drug-likeness (QED) is 0.750. The predicted octanol–water partition coefficient (Wildman–Crippen LogP) is 3.30. The highest BCUT2D eigenvalue weighted by atomic mass is 15.3. The summed E-state index contributed by atoms with van der Waals surface area (Å²) < 4.78 is 1.98. The number of nitrogens with zero attached hydrogens (tertiary/aromatic N) is 6. The van der Waals surface area contributed by atoms with Gasteiger partial charge in [0.15, 0.2) is 0 Å². The molecule has 7 nitrogen and oxygen atoms in total. The number of aryl methyl sites for hydroxylation is 2. The molecule has 1 atom stereocenters. The van der Waals surface area contributed by atoms with Gasteiger partial charge in [0.05, 0.1) is 11.9 Å². The molecular weight excluding hydrogens is 338 g/mol. The van der Waals surface area contributed by atoms with Crippen LogP contribution in [-0.4, -0.2) is 36.2 Å². The van der Waals surface area contributed by atoms with Crippen LogP contribution in [0, 0.1) is 13.8 Å². The molecule has 7 heteroatoms. The summed E-state index contributed by atoms with van der Waals surface area (Å²) in [4.78, 5) is 15.3. The van der Waals surface area contributed by atoms with Gasteiger partial charge < -0.3 is 5.32 Å². The van der Waals surface area contributed by atoms with Crippen molar-refractivity contribution >= 4 is 11.6 Å². The maximum absolute atomic E-state index is 4.57. The fourth-order valence-electron chi connectivity index (χ4n) is 3.86. The first-order chi connectivity index (χ1) is 13.1. The van der Waals surface area contributed by atoms with E-state index in [0.29, 0.717) is 11.9 Å². The lowest BCUT2D eigenvalue weighted by atomic mass is 10.0. The van der Waals surface area contributed by atoms with E-state index in [1.165, 1.54) is 23.2 Å². The van der Waals surface area contributed by atoms with Crippen molar-refractivity contribution in [3.05, 3.63) is 59.4 Å². The number of likely N-dealkylation sites (tertiary alicyclic amines) is 1. The highest BCUT2D eigenvalue weighted by Crippen LogP contribution is 2.34. The van der Waals surface area contributed by atoms with Gasteiger partial charge in [-0.2, -0.15) is 5.10 Å². The van der Waals surface area contributed by atoms with E-state index in [4.69, 9.17) is 0 Å². The number of anilines is 2. The lowest BCUT2D eigenvalue weighted by Gasteiger charge is -2.25. The van der Waals surface area contributed by atoms with Crippen molar-refractivity contribution in [3.63, 3.8) is 0 Å². The van der Waals surface area contributed by atoms with Crippen molar-refractivity contribution in [2.45, 2.75) is 39.3 Å². The van der Waals surface area contributed by atoms with Gasteiger partial charge in [0.25, 0.3) is 0 Å². The average Bonchev–Trinajstić information content (AvgIpc) is 3.23. The summed E-state index contributed by atoms with van der Waals surface area (Å²) in [6, 6.07) is 4.64. The van der Waals surface area contributed by atoms with Crippen molar-refractivity contribution in [1.29, 1.82) is 0 Å². The highest BCUT2D eigenvalue weighted by molar-refractivity contribution is 5.51. The second-order valence-electron chi connectivity index (χ2n) is 7.09. The van der Waals surface area contributed by atoms with Gasteiger partial charge in [-0.25, -0.2) is 9.97 Å². The largest absolute Gasteiger partial charge is 0.324 e. The zero-order valence-electron chi connectivity index (χ0n) is 16.1. The van der Waals surface area contributed by atoms with Crippen molar-refractivity contribution in [2.75, 3.05) is 11.9 Å². The third-order valence-electron chi connectivity index (χ3n) is 5.37. The molecule has 0 radical (unpaired) electrons. The van der Waals surface area contributed by atoms with Crippen LogP contribution in [0.5, 0.6) is 0 Å². The van der Waals surface area contributed by atoms with Gasteiger partial charge in [-0.3, -0.25) is 14.6 Å². The van der Waals surface area contributed by atoms with Crippen LogP contribution in [0.1, 0.15) is 41.4 Å². The maximum atomic E-state index is 4.57. The van der Waals surface area contributed by atoms with E-state index in [1.54, 1.807) is 18.6 Å². The Morgan fingerprint density at radius 3 is 2.74 bits per heavy atom. The van der Waals surface area contributed by atoms with Gasteiger partial charge in [0.1, 0.15) is 11.6 Å². The van der Waals surface area contributed by atoms with Crippen molar-refractivity contribution in [1.82, 2.24) is 29.6 Å². The molecule has 1 saturated heterocycles. The standard InChI is InChI=1S/C20H25N7/c1-14-17(15(2)26(3)25-14)13-27-10-4-5-18(27)16-6-7-22-19(11-16)24-20-12-21-8-9-23-20/h6-9,11-12,18H,4-5,10,13H2,1-3H3,(H,22,23,24). The van der Waals surface area contributed by atoms with E-state index in [9.17, 15) is 0 Å². The minimum atomic E-state index is 0.398. The van der Waals surface area contributed by atoms with Gasteiger partial charge in [-0.15, -0.1) is 0 Å². The molecule has 0 bridgehead atoms. The molecule has 1 aliphatic rings. The predicted molar refractivity (Wildman–Crippen MR) is 105 cm³/mol. The molecule has 3 aromatic heterocycles. The number of nitrogens with one attached hydrogen (secondary N) is 1. The van der Waals surface area contributed by atoms with Gasteiger partial charge in [0.2, 0.25) is 0 Å². The topological polar surface area (TPSA) is 71.8 Å². The number of aromatic nitrogens is 5. The van der Waals surface area contributed by atoms with E-state index in [0.717, 1.165) is 31.0 Å². The summed E-state index contributed by atoms with van der Waals surface area (Å²) in [6.45, 7) is 6.29. The summed E-state index contributed by atoms with van der Waals surface area (Å²) in [6.07, 6.45) is 9.26. The van der Waals surface area contributed by atoms with Crippen LogP contribution < -0.4 is 5.32 Å². The number of hydrogen-bond acceptors (Lipinski definition) is 6. The molecule has 4 rings (SSSR count). The Labute approximate surface area is 159 Å². The Kier molecular flexibility index (Phi) is 4.85. The van der Waals surface area contributed by atoms with Crippen molar-refractivity contribution < 1.29 is 0 Å². The molecule has 140 valence electrons. The molecule has 1 fully saturated rings. The second kappa shape index (κ2) is 7.44. The molecule has 27 heavy (non-hydrogen) atoms. The third-order valence-corrected chi connectivity index (χ3v) is 5.37. The molecule has 3 aromatic rings. The fourth-order valence-corrected chi connectivity index (χ4v) is 3.86. The van der Waals surface area contributed by atoms with Crippen LogP contribution in [0.3, 0.4) is 0 Å². The average molecular weight is 363 g/mol. The Balaban J connectivity index is 1.54. The third kappa shape index (κ3) is 3.68. The van der Waals surface area contributed by atoms with Crippen LogP contribution in [-0.2, 0) is 13.6 Å². The van der Waals surface area contributed by atoms with E-state index >= 15 is 0 Å². The van der Waals surface area contributed by atoms with Gasteiger partial charge >= 0.3 is 0 Å². The smallest absolute Gasteiger partial charge is 0.150 e. The molecule has 0 aliphatic carbocycles. The van der Waals surface area contributed by atoms with Crippen LogP contribution in [0.4, 0.5) is 11.6 Å². The zero-order chi connectivity index (χ0) is 18.8. The number of rotatable bonds is 5.